The van der Waals surface area contributed by atoms with Gasteiger partial charge in [-0.05, 0) is 43.7 Å². The lowest BCUT2D eigenvalue weighted by molar-refractivity contribution is -0.117. The molecule has 0 spiro atoms. The monoisotopic (exact) mass is 370 g/mol. The Morgan fingerprint density at radius 3 is 2.61 bits per heavy atom. The maximum absolute atomic E-state index is 12.3. The molecule has 122 valence electrons. The van der Waals surface area contributed by atoms with Gasteiger partial charge in [-0.2, -0.15) is 0 Å². The molecule has 8 heteroatoms. The van der Waals surface area contributed by atoms with E-state index in [1.54, 1.807) is 29.2 Å². The summed E-state index contributed by atoms with van der Waals surface area (Å²) in [5, 5.41) is 0.350. The molecule has 1 aromatic carbocycles. The van der Waals surface area contributed by atoms with Crippen LogP contribution in [0.1, 0.15) is 17.7 Å². The highest BCUT2D eigenvalue weighted by Crippen LogP contribution is 2.32. The molecule has 0 bridgehead atoms. The van der Waals surface area contributed by atoms with Crippen molar-refractivity contribution < 1.29 is 13.2 Å². The zero-order valence-corrected chi connectivity index (χ0v) is 14.8. The van der Waals surface area contributed by atoms with Crippen molar-refractivity contribution in [1.82, 2.24) is 0 Å². The number of sulfonamides is 1. The second-order valence-corrected chi connectivity index (χ2v) is 8.89. The molecule has 1 saturated heterocycles. The number of nitrogens with one attached hydrogen (secondary N) is 1. The van der Waals surface area contributed by atoms with Gasteiger partial charge in [0.05, 0.1) is 16.4 Å². The average Bonchev–Trinajstić information content (AvgIpc) is 3.08. The number of amides is 1. The summed E-state index contributed by atoms with van der Waals surface area (Å²) in [5.41, 5.74) is 0.987. The van der Waals surface area contributed by atoms with Crippen molar-refractivity contribution in [1.29, 1.82) is 0 Å². The van der Waals surface area contributed by atoms with E-state index in [1.807, 2.05) is 6.92 Å². The summed E-state index contributed by atoms with van der Waals surface area (Å²) in [6.07, 6.45) is 1.32. The van der Waals surface area contributed by atoms with E-state index in [-0.39, 0.29) is 10.1 Å². The molecule has 1 aliphatic rings. The zero-order valence-electron chi connectivity index (χ0n) is 12.4. The number of anilines is 2. The van der Waals surface area contributed by atoms with Crippen molar-refractivity contribution in [3.05, 3.63) is 40.2 Å². The van der Waals surface area contributed by atoms with Crippen molar-refractivity contribution in [2.45, 2.75) is 24.0 Å². The van der Waals surface area contributed by atoms with E-state index >= 15 is 0 Å². The number of benzene rings is 1. The predicted molar refractivity (Wildman–Crippen MR) is 92.9 cm³/mol. The van der Waals surface area contributed by atoms with Crippen LogP contribution in [0.4, 0.5) is 11.4 Å². The first-order valence-corrected chi connectivity index (χ1v) is 9.74. The first kappa shape index (κ1) is 16.3. The smallest absolute Gasteiger partial charge is 0.271 e. The van der Waals surface area contributed by atoms with Crippen LogP contribution >= 0.6 is 22.9 Å². The number of carbonyl (C=O) groups is 1. The molecule has 1 amide bonds. The lowest BCUT2D eigenvalue weighted by atomic mass is 10.2. The molecule has 2 heterocycles. The van der Waals surface area contributed by atoms with Gasteiger partial charge in [0, 0.05) is 17.8 Å². The van der Waals surface area contributed by atoms with Crippen LogP contribution in [0.2, 0.25) is 5.02 Å². The van der Waals surface area contributed by atoms with Gasteiger partial charge in [-0.25, -0.2) is 8.42 Å². The standard InChI is InChI=1S/C15H15ClN2O3S2/c1-10-4-7-15(22-10)23(20,21)17-11-5-6-13(12(16)9-11)18-8-2-3-14(18)19/h4-7,9,17H,2-3,8H2,1H3. The molecule has 1 fully saturated rings. The van der Waals surface area contributed by atoms with Gasteiger partial charge in [0.2, 0.25) is 5.91 Å². The van der Waals surface area contributed by atoms with Gasteiger partial charge in [-0.3, -0.25) is 9.52 Å². The Labute approximate surface area is 143 Å². The summed E-state index contributed by atoms with van der Waals surface area (Å²) in [4.78, 5) is 14.3. The number of carbonyl (C=O) groups excluding carboxylic acids is 1. The maximum Gasteiger partial charge on any atom is 0.271 e. The topological polar surface area (TPSA) is 66.5 Å². The Hall–Kier alpha value is -1.57. The summed E-state index contributed by atoms with van der Waals surface area (Å²) in [6.45, 7) is 2.49. The number of nitrogens with zero attached hydrogens (tertiary/aromatic N) is 1. The Bertz CT molecular complexity index is 861. The van der Waals surface area contributed by atoms with Gasteiger partial charge in [-0.15, -0.1) is 11.3 Å². The summed E-state index contributed by atoms with van der Waals surface area (Å²) < 4.78 is 27.4. The average molecular weight is 371 g/mol. The highest BCUT2D eigenvalue weighted by Gasteiger charge is 2.24. The number of hydrogen-bond acceptors (Lipinski definition) is 4. The fraction of sp³-hybridized carbons (Fsp3) is 0.267. The molecular formula is C15H15ClN2O3S2. The normalized spacial score (nSPS) is 15.2. The molecule has 2 aromatic rings. The van der Waals surface area contributed by atoms with Gasteiger partial charge in [-0.1, -0.05) is 11.6 Å². The van der Waals surface area contributed by atoms with E-state index in [0.29, 0.717) is 29.4 Å². The zero-order chi connectivity index (χ0) is 16.6. The Morgan fingerprint density at radius 1 is 1.26 bits per heavy atom. The second kappa shape index (κ2) is 6.14. The summed E-state index contributed by atoms with van der Waals surface area (Å²) in [5.74, 6) is 0.0364. The van der Waals surface area contributed by atoms with Crippen LogP contribution < -0.4 is 9.62 Å². The van der Waals surface area contributed by atoms with Crippen LogP contribution in [0.5, 0.6) is 0 Å². The molecule has 1 N–H and O–H groups in total. The molecule has 0 atom stereocenters. The van der Waals surface area contributed by atoms with Crippen LogP contribution in [0.25, 0.3) is 0 Å². The fourth-order valence-corrected chi connectivity index (χ4v) is 5.07. The molecular weight excluding hydrogens is 356 g/mol. The lowest BCUT2D eigenvalue weighted by Crippen LogP contribution is -2.24. The van der Waals surface area contributed by atoms with Crippen molar-refractivity contribution in [3.8, 4) is 0 Å². The molecule has 5 nitrogen and oxygen atoms in total. The minimum absolute atomic E-state index is 0.0364. The Kier molecular flexibility index (Phi) is 4.35. The van der Waals surface area contributed by atoms with Gasteiger partial charge in [0.1, 0.15) is 4.21 Å². The third-order valence-electron chi connectivity index (χ3n) is 3.54. The minimum Gasteiger partial charge on any atom is -0.311 e. The van der Waals surface area contributed by atoms with E-state index in [9.17, 15) is 13.2 Å². The number of halogens is 1. The SMILES string of the molecule is Cc1ccc(S(=O)(=O)Nc2ccc(N3CCCC3=O)c(Cl)c2)s1. The molecule has 0 radical (unpaired) electrons. The number of aryl methyl sites for hydroxylation is 1. The second-order valence-electron chi connectivity index (χ2n) is 5.29. The van der Waals surface area contributed by atoms with Crippen LogP contribution in [0, 0.1) is 6.92 Å². The minimum atomic E-state index is -3.62. The quantitative estimate of drug-likeness (QED) is 0.893. The van der Waals surface area contributed by atoms with Gasteiger partial charge in [0.25, 0.3) is 10.0 Å². The largest absolute Gasteiger partial charge is 0.311 e. The van der Waals surface area contributed by atoms with E-state index in [1.165, 1.54) is 17.4 Å². The molecule has 3 rings (SSSR count). The number of rotatable bonds is 4. The number of hydrogen-bond donors (Lipinski definition) is 1. The highest BCUT2D eigenvalue weighted by atomic mass is 35.5. The number of thiophene rings is 1. The Balaban J connectivity index is 1.84. The lowest BCUT2D eigenvalue weighted by Gasteiger charge is -2.18. The van der Waals surface area contributed by atoms with Gasteiger partial charge < -0.3 is 4.90 Å². The van der Waals surface area contributed by atoms with Crippen molar-refractivity contribution in [2.24, 2.45) is 0 Å². The summed E-state index contributed by atoms with van der Waals surface area (Å²) in [7, 11) is -3.62. The first-order valence-electron chi connectivity index (χ1n) is 7.06. The summed E-state index contributed by atoms with van der Waals surface area (Å²) in [6, 6.07) is 8.14. The van der Waals surface area contributed by atoms with E-state index < -0.39 is 10.0 Å². The highest BCUT2D eigenvalue weighted by molar-refractivity contribution is 7.94. The van der Waals surface area contributed by atoms with Crippen molar-refractivity contribution >= 4 is 50.2 Å². The molecule has 0 saturated carbocycles. The van der Waals surface area contributed by atoms with Crippen LogP contribution in [0.3, 0.4) is 0 Å². The molecule has 23 heavy (non-hydrogen) atoms. The maximum atomic E-state index is 12.3. The third-order valence-corrected chi connectivity index (χ3v) is 6.72. The predicted octanol–water partition coefficient (Wildman–Crippen LogP) is 3.64. The van der Waals surface area contributed by atoms with Crippen LogP contribution in [-0.2, 0) is 14.8 Å². The van der Waals surface area contributed by atoms with Crippen LogP contribution in [0.15, 0.2) is 34.5 Å². The first-order chi connectivity index (χ1) is 10.9. The molecule has 0 unspecified atom stereocenters. The molecule has 1 aliphatic heterocycles. The summed E-state index contributed by atoms with van der Waals surface area (Å²) >= 11 is 7.43. The van der Waals surface area contributed by atoms with E-state index in [2.05, 4.69) is 4.72 Å². The van der Waals surface area contributed by atoms with Crippen molar-refractivity contribution in [3.63, 3.8) is 0 Å². The Morgan fingerprint density at radius 2 is 2.04 bits per heavy atom. The van der Waals surface area contributed by atoms with Gasteiger partial charge >= 0.3 is 0 Å². The molecule has 1 aromatic heterocycles. The van der Waals surface area contributed by atoms with Crippen molar-refractivity contribution in [2.75, 3.05) is 16.2 Å². The van der Waals surface area contributed by atoms with Gasteiger partial charge in [0.15, 0.2) is 0 Å². The third kappa shape index (κ3) is 3.36. The van der Waals surface area contributed by atoms with E-state index in [0.717, 1.165) is 11.3 Å². The fourth-order valence-electron chi connectivity index (χ4n) is 2.45. The van der Waals surface area contributed by atoms with Crippen LogP contribution in [-0.4, -0.2) is 20.9 Å². The molecule has 0 aliphatic carbocycles. The van der Waals surface area contributed by atoms with E-state index in [4.69, 9.17) is 11.6 Å².